The lowest BCUT2D eigenvalue weighted by molar-refractivity contribution is -0.136. The zero-order chi connectivity index (χ0) is 9.31. The molecular formula is C12H20O. The van der Waals surface area contributed by atoms with Gasteiger partial charge in [-0.3, -0.25) is 4.79 Å². The predicted octanol–water partition coefficient (Wildman–Crippen LogP) is 3.33. The molecule has 0 heterocycles. The highest BCUT2D eigenvalue weighted by Crippen LogP contribution is 2.42. The largest absolute Gasteiger partial charge is 0.299 e. The fourth-order valence-electron chi connectivity index (χ4n) is 2.74. The number of rotatable bonds is 2. The van der Waals surface area contributed by atoms with E-state index in [1.807, 2.05) is 0 Å². The van der Waals surface area contributed by atoms with E-state index in [0.29, 0.717) is 11.7 Å². The van der Waals surface area contributed by atoms with Crippen molar-refractivity contribution in [1.29, 1.82) is 0 Å². The van der Waals surface area contributed by atoms with E-state index in [4.69, 9.17) is 0 Å². The molecule has 74 valence electrons. The number of hydrogen-bond donors (Lipinski definition) is 0. The lowest BCUT2D eigenvalue weighted by atomic mass is 9.65. The number of carbonyl (C=O) groups is 1. The van der Waals surface area contributed by atoms with Crippen LogP contribution in [0.2, 0.25) is 0 Å². The molecule has 0 aliphatic heterocycles. The predicted molar refractivity (Wildman–Crippen MR) is 53.5 cm³/mol. The maximum absolute atomic E-state index is 12.1. The molecule has 1 nitrogen and oxygen atoms in total. The van der Waals surface area contributed by atoms with E-state index in [2.05, 4.69) is 6.92 Å². The summed E-state index contributed by atoms with van der Waals surface area (Å²) in [5.74, 6) is 1.04. The Kier molecular flexibility index (Phi) is 2.44. The third-order valence-electron chi connectivity index (χ3n) is 4.03. The third kappa shape index (κ3) is 1.66. The topological polar surface area (TPSA) is 17.1 Å². The molecular weight excluding hydrogens is 160 g/mol. The van der Waals surface area contributed by atoms with E-state index in [1.165, 1.54) is 38.5 Å². The van der Waals surface area contributed by atoms with Crippen LogP contribution in [0.4, 0.5) is 0 Å². The van der Waals surface area contributed by atoms with Gasteiger partial charge >= 0.3 is 0 Å². The van der Waals surface area contributed by atoms with Crippen molar-refractivity contribution in [2.45, 2.75) is 58.3 Å². The monoisotopic (exact) mass is 180 g/mol. The second kappa shape index (κ2) is 3.43. The van der Waals surface area contributed by atoms with Gasteiger partial charge in [-0.1, -0.05) is 32.6 Å². The Morgan fingerprint density at radius 1 is 1.08 bits per heavy atom. The van der Waals surface area contributed by atoms with Gasteiger partial charge in [0.1, 0.15) is 5.78 Å². The first-order valence-corrected chi connectivity index (χ1v) is 5.77. The minimum Gasteiger partial charge on any atom is -0.299 e. The Balaban J connectivity index is 1.99. The van der Waals surface area contributed by atoms with E-state index in [1.54, 1.807) is 0 Å². The van der Waals surface area contributed by atoms with Crippen LogP contribution in [0.5, 0.6) is 0 Å². The van der Waals surface area contributed by atoms with Crippen molar-refractivity contribution < 1.29 is 4.79 Å². The minimum absolute atomic E-state index is 0.0728. The molecule has 2 rings (SSSR count). The van der Waals surface area contributed by atoms with Crippen molar-refractivity contribution in [2.75, 3.05) is 0 Å². The fourth-order valence-corrected chi connectivity index (χ4v) is 2.74. The molecule has 0 aromatic heterocycles. The molecule has 0 unspecified atom stereocenters. The van der Waals surface area contributed by atoms with Gasteiger partial charge in [0, 0.05) is 11.3 Å². The van der Waals surface area contributed by atoms with Gasteiger partial charge in [0.25, 0.3) is 0 Å². The van der Waals surface area contributed by atoms with Gasteiger partial charge in [-0.2, -0.15) is 0 Å². The van der Waals surface area contributed by atoms with Gasteiger partial charge in [-0.25, -0.2) is 0 Å². The van der Waals surface area contributed by atoms with E-state index < -0.39 is 0 Å². The zero-order valence-electron chi connectivity index (χ0n) is 8.64. The summed E-state index contributed by atoms with van der Waals surface area (Å²) >= 11 is 0. The van der Waals surface area contributed by atoms with E-state index in [9.17, 15) is 4.79 Å². The molecule has 0 saturated heterocycles. The molecule has 2 fully saturated rings. The van der Waals surface area contributed by atoms with Gasteiger partial charge in [-0.05, 0) is 25.7 Å². The molecule has 0 N–H and O–H groups in total. The summed E-state index contributed by atoms with van der Waals surface area (Å²) in [6, 6.07) is 0. The Bertz CT molecular complexity index is 197. The number of ketones is 1. The Hall–Kier alpha value is -0.330. The van der Waals surface area contributed by atoms with Gasteiger partial charge in [0.15, 0.2) is 0 Å². The highest BCUT2D eigenvalue weighted by atomic mass is 16.1. The fraction of sp³-hybridized carbons (Fsp3) is 0.917. The van der Waals surface area contributed by atoms with E-state index >= 15 is 0 Å². The summed E-state index contributed by atoms with van der Waals surface area (Å²) in [5.41, 5.74) is 0.0728. The maximum Gasteiger partial charge on any atom is 0.141 e. The first-order chi connectivity index (χ1) is 6.22. The van der Waals surface area contributed by atoms with Gasteiger partial charge in [0.2, 0.25) is 0 Å². The van der Waals surface area contributed by atoms with Crippen LogP contribution in [0, 0.1) is 11.3 Å². The van der Waals surface area contributed by atoms with Crippen molar-refractivity contribution in [2.24, 2.45) is 11.3 Å². The lowest BCUT2D eigenvalue weighted by Gasteiger charge is -2.37. The van der Waals surface area contributed by atoms with Crippen LogP contribution in [0.1, 0.15) is 58.3 Å². The van der Waals surface area contributed by atoms with Crippen LogP contribution in [-0.4, -0.2) is 5.78 Å². The molecule has 0 aromatic rings. The summed E-state index contributed by atoms with van der Waals surface area (Å²) in [7, 11) is 0. The molecule has 2 aliphatic rings. The van der Waals surface area contributed by atoms with Crippen molar-refractivity contribution in [3.63, 3.8) is 0 Å². The maximum atomic E-state index is 12.1. The molecule has 0 radical (unpaired) electrons. The Morgan fingerprint density at radius 3 is 2.15 bits per heavy atom. The molecule has 13 heavy (non-hydrogen) atoms. The highest BCUT2D eigenvalue weighted by molar-refractivity contribution is 5.87. The quantitative estimate of drug-likeness (QED) is 0.637. The molecule has 0 atom stereocenters. The van der Waals surface area contributed by atoms with Crippen molar-refractivity contribution >= 4 is 5.78 Å². The summed E-state index contributed by atoms with van der Waals surface area (Å²) < 4.78 is 0. The molecule has 0 bridgehead atoms. The van der Waals surface area contributed by atoms with Gasteiger partial charge in [0.05, 0.1) is 0 Å². The van der Waals surface area contributed by atoms with E-state index in [-0.39, 0.29) is 5.41 Å². The first-order valence-electron chi connectivity index (χ1n) is 5.77. The van der Waals surface area contributed by atoms with Crippen LogP contribution in [0.25, 0.3) is 0 Å². The standard InChI is InChI=1S/C12H20O/c1-12(8-3-2-4-9-12)11(13)10-6-5-7-10/h10H,2-9H2,1H3. The van der Waals surface area contributed by atoms with Crippen molar-refractivity contribution in [1.82, 2.24) is 0 Å². The zero-order valence-corrected chi connectivity index (χ0v) is 8.64. The second-order valence-electron chi connectivity index (χ2n) is 5.11. The van der Waals surface area contributed by atoms with Crippen LogP contribution in [-0.2, 0) is 4.79 Å². The van der Waals surface area contributed by atoms with Crippen LogP contribution in [0.3, 0.4) is 0 Å². The lowest BCUT2D eigenvalue weighted by Crippen LogP contribution is -2.38. The molecule has 0 amide bonds. The summed E-state index contributed by atoms with van der Waals surface area (Å²) in [4.78, 5) is 12.1. The number of carbonyl (C=O) groups excluding carboxylic acids is 1. The van der Waals surface area contributed by atoms with E-state index in [0.717, 1.165) is 12.8 Å². The molecule has 0 aromatic carbocycles. The minimum atomic E-state index is 0.0728. The Labute approximate surface area is 80.9 Å². The van der Waals surface area contributed by atoms with Crippen LogP contribution in [0.15, 0.2) is 0 Å². The summed E-state index contributed by atoms with van der Waals surface area (Å²) in [5, 5.41) is 0. The number of hydrogen-bond acceptors (Lipinski definition) is 1. The molecule has 2 saturated carbocycles. The SMILES string of the molecule is CC1(C(=O)C2CCC2)CCCCC1. The van der Waals surface area contributed by atoms with Crippen LogP contribution >= 0.6 is 0 Å². The second-order valence-corrected chi connectivity index (χ2v) is 5.11. The smallest absolute Gasteiger partial charge is 0.141 e. The van der Waals surface area contributed by atoms with Gasteiger partial charge in [-0.15, -0.1) is 0 Å². The molecule has 1 heteroatoms. The van der Waals surface area contributed by atoms with Crippen LogP contribution < -0.4 is 0 Å². The summed E-state index contributed by atoms with van der Waals surface area (Å²) in [6.07, 6.45) is 9.83. The average Bonchev–Trinajstić information content (AvgIpc) is 2.02. The van der Waals surface area contributed by atoms with Gasteiger partial charge < -0.3 is 0 Å². The Morgan fingerprint density at radius 2 is 1.69 bits per heavy atom. The summed E-state index contributed by atoms with van der Waals surface area (Å²) in [6.45, 7) is 2.20. The average molecular weight is 180 g/mol. The normalized spacial score (nSPS) is 28.1. The van der Waals surface area contributed by atoms with Crippen molar-refractivity contribution in [3.8, 4) is 0 Å². The molecule has 2 aliphatic carbocycles. The highest BCUT2D eigenvalue weighted by Gasteiger charge is 2.40. The molecule has 0 spiro atoms. The third-order valence-corrected chi connectivity index (χ3v) is 4.03. The number of Topliss-reactive ketones (excluding diaryl/α,β-unsaturated/α-hetero) is 1. The van der Waals surface area contributed by atoms with Crippen molar-refractivity contribution in [3.05, 3.63) is 0 Å². The first kappa shape index (κ1) is 9.23.